The summed E-state index contributed by atoms with van der Waals surface area (Å²) in [7, 11) is 0. The number of para-hydroxylation sites is 1. The van der Waals surface area contributed by atoms with Crippen molar-refractivity contribution in [1.82, 2.24) is 0 Å². The van der Waals surface area contributed by atoms with Gasteiger partial charge in [0.1, 0.15) is 4.20 Å². The number of thioether (sulfide) groups is 1. The van der Waals surface area contributed by atoms with Crippen molar-refractivity contribution in [2.75, 3.05) is 5.32 Å². The van der Waals surface area contributed by atoms with E-state index in [1.54, 1.807) is 0 Å². The number of fused-ring (bicyclic) bond motifs is 1. The second-order valence-electron chi connectivity index (χ2n) is 4.32. The topological polar surface area (TPSA) is 12.0 Å². The Balaban J connectivity index is 1.88. The number of anilines is 1. The lowest BCUT2D eigenvalue weighted by atomic mass is 10.1. The van der Waals surface area contributed by atoms with Gasteiger partial charge in [-0.3, -0.25) is 0 Å². The molecule has 1 aromatic rings. The van der Waals surface area contributed by atoms with Gasteiger partial charge in [0, 0.05) is 10.6 Å². The Morgan fingerprint density at radius 3 is 2.81 bits per heavy atom. The SMILES string of the molecule is CCCCCC[C@@]1(S)Nc2ccccc2S1. The fourth-order valence-electron chi connectivity index (χ4n) is 1.98. The Bertz CT molecular complexity index is 327. The van der Waals surface area contributed by atoms with Crippen LogP contribution < -0.4 is 5.32 Å². The average Bonchev–Trinajstić information content (AvgIpc) is 2.61. The minimum absolute atomic E-state index is 0.0859. The van der Waals surface area contributed by atoms with Crippen LogP contribution in [0.15, 0.2) is 29.2 Å². The van der Waals surface area contributed by atoms with Gasteiger partial charge in [-0.25, -0.2) is 0 Å². The van der Waals surface area contributed by atoms with Gasteiger partial charge in [0.15, 0.2) is 0 Å². The Kier molecular flexibility index (Phi) is 4.09. The van der Waals surface area contributed by atoms with Crippen molar-refractivity contribution < 1.29 is 0 Å². The summed E-state index contributed by atoms with van der Waals surface area (Å²) < 4.78 is -0.0859. The van der Waals surface area contributed by atoms with Crippen LogP contribution in [0.1, 0.15) is 39.0 Å². The molecule has 0 aliphatic carbocycles. The van der Waals surface area contributed by atoms with Crippen LogP contribution in [0, 0.1) is 0 Å². The van der Waals surface area contributed by atoms with E-state index in [4.69, 9.17) is 12.6 Å². The van der Waals surface area contributed by atoms with Gasteiger partial charge in [-0.05, 0) is 25.0 Å². The largest absolute Gasteiger partial charge is 0.361 e. The molecule has 0 spiro atoms. The fourth-order valence-corrected chi connectivity index (χ4v) is 3.70. The van der Waals surface area contributed by atoms with Crippen molar-refractivity contribution in [2.24, 2.45) is 0 Å². The zero-order chi connectivity index (χ0) is 11.4. The second kappa shape index (κ2) is 5.37. The van der Waals surface area contributed by atoms with Crippen molar-refractivity contribution in [2.45, 2.75) is 48.1 Å². The van der Waals surface area contributed by atoms with Gasteiger partial charge in [0.2, 0.25) is 0 Å². The van der Waals surface area contributed by atoms with Crippen LogP contribution >= 0.6 is 24.4 Å². The summed E-state index contributed by atoms with van der Waals surface area (Å²) in [6, 6.07) is 8.45. The van der Waals surface area contributed by atoms with Crippen molar-refractivity contribution >= 4 is 30.1 Å². The van der Waals surface area contributed by atoms with Crippen molar-refractivity contribution in [1.29, 1.82) is 0 Å². The van der Waals surface area contributed by atoms with Gasteiger partial charge >= 0.3 is 0 Å². The fraction of sp³-hybridized carbons (Fsp3) is 0.538. The Morgan fingerprint density at radius 2 is 2.06 bits per heavy atom. The molecule has 0 amide bonds. The van der Waals surface area contributed by atoms with Crippen molar-refractivity contribution in [3.05, 3.63) is 24.3 Å². The third kappa shape index (κ3) is 2.89. The van der Waals surface area contributed by atoms with E-state index < -0.39 is 0 Å². The van der Waals surface area contributed by atoms with Crippen LogP contribution in [0.25, 0.3) is 0 Å². The van der Waals surface area contributed by atoms with E-state index in [9.17, 15) is 0 Å². The molecule has 3 heteroatoms. The van der Waals surface area contributed by atoms with Crippen LogP contribution in [0.3, 0.4) is 0 Å². The molecule has 1 aliphatic heterocycles. The second-order valence-corrected chi connectivity index (χ2v) is 6.73. The van der Waals surface area contributed by atoms with Gasteiger partial charge in [0.25, 0.3) is 0 Å². The molecule has 0 saturated carbocycles. The van der Waals surface area contributed by atoms with Crippen LogP contribution in [0.2, 0.25) is 0 Å². The molecule has 1 aliphatic rings. The smallest absolute Gasteiger partial charge is 0.132 e. The maximum Gasteiger partial charge on any atom is 0.132 e. The van der Waals surface area contributed by atoms with Crippen LogP contribution in [-0.2, 0) is 0 Å². The van der Waals surface area contributed by atoms with Crippen molar-refractivity contribution in [3.63, 3.8) is 0 Å². The summed E-state index contributed by atoms with van der Waals surface area (Å²) in [6.45, 7) is 2.24. The van der Waals surface area contributed by atoms with Gasteiger partial charge in [-0.1, -0.05) is 50.1 Å². The molecular weight excluding hydrogens is 234 g/mol. The molecule has 2 rings (SSSR count). The molecule has 1 N–H and O–H groups in total. The number of hydrogen-bond donors (Lipinski definition) is 2. The van der Waals surface area contributed by atoms with Gasteiger partial charge in [-0.15, -0.1) is 12.6 Å². The maximum atomic E-state index is 4.78. The predicted octanol–water partition coefficient (Wildman–Crippen LogP) is 4.76. The summed E-state index contributed by atoms with van der Waals surface area (Å²) in [5.74, 6) is 0. The minimum Gasteiger partial charge on any atom is -0.361 e. The third-order valence-electron chi connectivity index (χ3n) is 2.87. The van der Waals surface area contributed by atoms with E-state index in [0.29, 0.717) is 0 Å². The van der Waals surface area contributed by atoms with Gasteiger partial charge < -0.3 is 5.32 Å². The predicted molar refractivity (Wildman–Crippen MR) is 76.4 cm³/mol. The molecule has 0 unspecified atom stereocenters. The zero-order valence-electron chi connectivity index (χ0n) is 9.70. The lowest BCUT2D eigenvalue weighted by molar-refractivity contribution is 0.623. The third-order valence-corrected chi connectivity index (χ3v) is 4.69. The molecule has 1 heterocycles. The summed E-state index contributed by atoms with van der Waals surface area (Å²) >= 11 is 6.63. The number of rotatable bonds is 5. The lowest BCUT2D eigenvalue weighted by Gasteiger charge is -2.22. The first-order valence-corrected chi connectivity index (χ1v) is 7.28. The van der Waals surface area contributed by atoms with E-state index in [-0.39, 0.29) is 4.20 Å². The highest BCUT2D eigenvalue weighted by atomic mass is 32.2. The molecule has 0 fully saturated rings. The quantitative estimate of drug-likeness (QED) is 0.580. The van der Waals surface area contributed by atoms with Crippen LogP contribution in [0.4, 0.5) is 5.69 Å². The summed E-state index contributed by atoms with van der Waals surface area (Å²) in [5, 5.41) is 3.51. The Labute approximate surface area is 108 Å². The maximum absolute atomic E-state index is 4.78. The molecule has 1 atom stereocenters. The summed E-state index contributed by atoms with van der Waals surface area (Å²) in [4.78, 5) is 1.33. The van der Waals surface area contributed by atoms with Gasteiger partial charge in [0.05, 0.1) is 0 Å². The molecule has 0 saturated heterocycles. The first kappa shape index (κ1) is 12.2. The lowest BCUT2D eigenvalue weighted by Crippen LogP contribution is -2.23. The molecule has 1 aromatic carbocycles. The number of benzene rings is 1. The number of thiol groups is 1. The van der Waals surface area contributed by atoms with E-state index in [2.05, 4.69) is 36.5 Å². The molecule has 88 valence electrons. The number of hydrogen-bond acceptors (Lipinski definition) is 3. The normalized spacial score (nSPS) is 22.9. The molecule has 0 aromatic heterocycles. The summed E-state index contributed by atoms with van der Waals surface area (Å²) in [6.07, 6.45) is 6.32. The standard InChI is InChI=1S/C13H19NS2/c1-2-3-4-7-10-13(15)14-11-8-5-6-9-12(11)16-13/h5-6,8-9,14-15H,2-4,7,10H2,1H3/t13-/m0/s1. The van der Waals surface area contributed by atoms with Crippen LogP contribution in [-0.4, -0.2) is 4.20 Å². The monoisotopic (exact) mass is 253 g/mol. The van der Waals surface area contributed by atoms with Crippen molar-refractivity contribution in [3.8, 4) is 0 Å². The molecule has 0 radical (unpaired) electrons. The van der Waals surface area contributed by atoms with E-state index >= 15 is 0 Å². The highest BCUT2D eigenvalue weighted by Gasteiger charge is 2.33. The highest BCUT2D eigenvalue weighted by molar-refractivity contribution is 8.12. The minimum atomic E-state index is -0.0859. The van der Waals surface area contributed by atoms with E-state index in [1.165, 1.54) is 36.3 Å². The number of nitrogens with one attached hydrogen (secondary N) is 1. The summed E-state index contributed by atoms with van der Waals surface area (Å²) in [5.41, 5.74) is 1.23. The average molecular weight is 253 g/mol. The first-order valence-electron chi connectivity index (χ1n) is 6.02. The highest BCUT2D eigenvalue weighted by Crippen LogP contribution is 2.49. The van der Waals surface area contributed by atoms with E-state index in [0.717, 1.165) is 6.42 Å². The molecule has 0 bridgehead atoms. The Hall–Kier alpha value is -0.280. The van der Waals surface area contributed by atoms with Crippen LogP contribution in [0.5, 0.6) is 0 Å². The first-order chi connectivity index (χ1) is 7.73. The van der Waals surface area contributed by atoms with Gasteiger partial charge in [-0.2, -0.15) is 0 Å². The number of unbranched alkanes of at least 4 members (excludes halogenated alkanes) is 3. The Morgan fingerprint density at radius 1 is 1.25 bits per heavy atom. The zero-order valence-corrected chi connectivity index (χ0v) is 11.4. The molecular formula is C13H19NS2. The molecule has 1 nitrogen and oxygen atoms in total. The molecule has 16 heavy (non-hydrogen) atoms. The van der Waals surface area contributed by atoms with E-state index in [1.807, 2.05) is 11.8 Å².